The van der Waals surface area contributed by atoms with E-state index in [1.807, 2.05) is 24.3 Å². The van der Waals surface area contributed by atoms with Gasteiger partial charge in [0.15, 0.2) is 0 Å². The maximum Gasteiger partial charge on any atom is 0.307 e. The first-order valence-electron chi connectivity index (χ1n) is 6.60. The van der Waals surface area contributed by atoms with Gasteiger partial charge in [0.25, 0.3) is 0 Å². The third kappa shape index (κ3) is 5.10. The van der Waals surface area contributed by atoms with Crippen LogP contribution in [0.2, 0.25) is 0 Å². The van der Waals surface area contributed by atoms with Crippen LogP contribution in [0.15, 0.2) is 54.6 Å². The Bertz CT molecular complexity index is 618. The van der Waals surface area contributed by atoms with Gasteiger partial charge in [0.1, 0.15) is 5.82 Å². The average molecular weight is 285 g/mol. The van der Waals surface area contributed by atoms with Gasteiger partial charge in [-0.15, -0.1) is 0 Å². The summed E-state index contributed by atoms with van der Waals surface area (Å²) in [6.45, 7) is 0.635. The molecule has 0 spiro atoms. The Morgan fingerprint density at radius 2 is 1.76 bits per heavy atom. The highest BCUT2D eigenvalue weighted by Gasteiger charge is 1.99. The van der Waals surface area contributed by atoms with Crippen molar-refractivity contribution in [2.45, 2.75) is 6.42 Å². The summed E-state index contributed by atoms with van der Waals surface area (Å²) < 4.78 is 12.7. The van der Waals surface area contributed by atoms with Crippen LogP contribution in [0.5, 0.6) is 0 Å². The predicted molar refractivity (Wildman–Crippen MR) is 81.7 cm³/mol. The third-order valence-corrected chi connectivity index (χ3v) is 2.91. The average Bonchev–Trinajstić information content (AvgIpc) is 2.46. The Morgan fingerprint density at radius 1 is 1.10 bits per heavy atom. The lowest BCUT2D eigenvalue weighted by atomic mass is 10.1. The highest BCUT2D eigenvalue weighted by molar-refractivity contribution is 5.70. The Balaban J connectivity index is 1.82. The van der Waals surface area contributed by atoms with Crippen LogP contribution in [0.4, 0.5) is 10.1 Å². The number of rotatable bonds is 6. The zero-order valence-electron chi connectivity index (χ0n) is 11.4. The molecule has 2 N–H and O–H groups in total. The molecule has 2 aromatic rings. The van der Waals surface area contributed by atoms with Gasteiger partial charge in [-0.2, -0.15) is 0 Å². The van der Waals surface area contributed by atoms with E-state index in [-0.39, 0.29) is 12.2 Å². The fourth-order valence-corrected chi connectivity index (χ4v) is 1.86. The standard InChI is InChI=1S/C17H16FNO2/c18-15-7-3-13(4-8-15)2-1-11-19-16-9-5-14(6-10-16)12-17(20)21/h1-10,19H,11-12H2,(H,20,21). The molecule has 0 radical (unpaired) electrons. The van der Waals surface area contributed by atoms with E-state index in [0.29, 0.717) is 6.54 Å². The van der Waals surface area contributed by atoms with Crippen molar-refractivity contribution in [1.29, 1.82) is 0 Å². The summed E-state index contributed by atoms with van der Waals surface area (Å²) in [5.41, 5.74) is 2.64. The number of halogens is 1. The molecule has 0 unspecified atom stereocenters. The Hall–Kier alpha value is -2.62. The Kier molecular flexibility index (Phi) is 5.10. The summed E-state index contributed by atoms with van der Waals surface area (Å²) in [5.74, 6) is -1.08. The van der Waals surface area contributed by atoms with Crippen molar-refractivity contribution < 1.29 is 14.3 Å². The number of aliphatic carboxylic acids is 1. The van der Waals surface area contributed by atoms with Crippen LogP contribution < -0.4 is 5.32 Å². The molecule has 0 saturated heterocycles. The first-order valence-corrected chi connectivity index (χ1v) is 6.60. The molecule has 0 fully saturated rings. The summed E-state index contributed by atoms with van der Waals surface area (Å²) in [5, 5.41) is 11.9. The van der Waals surface area contributed by atoms with Crippen molar-refractivity contribution in [1.82, 2.24) is 0 Å². The first-order chi connectivity index (χ1) is 10.1. The SMILES string of the molecule is O=C(O)Cc1ccc(NCC=Cc2ccc(F)cc2)cc1. The zero-order chi connectivity index (χ0) is 15.1. The van der Waals surface area contributed by atoms with Crippen molar-refractivity contribution in [3.63, 3.8) is 0 Å². The Morgan fingerprint density at radius 3 is 2.38 bits per heavy atom. The van der Waals surface area contributed by atoms with Gasteiger partial charge in [-0.05, 0) is 35.4 Å². The van der Waals surface area contributed by atoms with Gasteiger partial charge >= 0.3 is 5.97 Å². The number of benzene rings is 2. The van der Waals surface area contributed by atoms with Gasteiger partial charge < -0.3 is 10.4 Å². The minimum absolute atomic E-state index is 0.0325. The monoisotopic (exact) mass is 285 g/mol. The molecule has 0 saturated carbocycles. The molecule has 0 aliphatic heterocycles. The smallest absolute Gasteiger partial charge is 0.307 e. The van der Waals surface area contributed by atoms with Crippen LogP contribution in [-0.4, -0.2) is 17.6 Å². The normalized spacial score (nSPS) is 10.7. The van der Waals surface area contributed by atoms with Crippen molar-refractivity contribution in [2.75, 3.05) is 11.9 Å². The molecule has 21 heavy (non-hydrogen) atoms. The number of carboxylic acid groups (broad SMARTS) is 1. The summed E-state index contributed by atoms with van der Waals surface area (Å²) in [6.07, 6.45) is 3.88. The molecule has 4 heteroatoms. The third-order valence-electron chi connectivity index (χ3n) is 2.91. The van der Waals surface area contributed by atoms with E-state index >= 15 is 0 Å². The van der Waals surface area contributed by atoms with E-state index in [9.17, 15) is 9.18 Å². The quantitative estimate of drug-likeness (QED) is 0.853. The molecular formula is C17H16FNO2. The number of hydrogen-bond donors (Lipinski definition) is 2. The molecule has 0 bridgehead atoms. The van der Waals surface area contributed by atoms with E-state index in [2.05, 4.69) is 5.32 Å². The van der Waals surface area contributed by atoms with Crippen molar-refractivity contribution >= 4 is 17.7 Å². The molecule has 2 rings (SSSR count). The van der Waals surface area contributed by atoms with Gasteiger partial charge in [-0.1, -0.05) is 36.4 Å². The minimum Gasteiger partial charge on any atom is -0.481 e. The fourth-order valence-electron chi connectivity index (χ4n) is 1.86. The summed E-state index contributed by atoms with van der Waals surface area (Å²) in [6, 6.07) is 13.6. The van der Waals surface area contributed by atoms with Crippen molar-refractivity contribution in [3.05, 3.63) is 71.6 Å². The predicted octanol–water partition coefficient (Wildman–Crippen LogP) is 3.58. The lowest BCUT2D eigenvalue weighted by Gasteiger charge is -2.04. The lowest BCUT2D eigenvalue weighted by Crippen LogP contribution is -2.01. The second-order valence-electron chi connectivity index (χ2n) is 4.60. The lowest BCUT2D eigenvalue weighted by molar-refractivity contribution is -0.136. The number of hydrogen-bond acceptors (Lipinski definition) is 2. The van der Waals surface area contributed by atoms with Gasteiger partial charge in [0.2, 0.25) is 0 Å². The second kappa shape index (κ2) is 7.24. The van der Waals surface area contributed by atoms with E-state index in [1.165, 1.54) is 12.1 Å². The zero-order valence-corrected chi connectivity index (χ0v) is 11.4. The van der Waals surface area contributed by atoms with Crippen molar-refractivity contribution in [2.24, 2.45) is 0 Å². The van der Waals surface area contributed by atoms with Crippen LogP contribution in [0.25, 0.3) is 6.08 Å². The first kappa shape index (κ1) is 14.8. The van der Waals surface area contributed by atoms with E-state index in [0.717, 1.165) is 16.8 Å². The van der Waals surface area contributed by atoms with E-state index in [4.69, 9.17) is 5.11 Å². The molecule has 0 atom stereocenters. The second-order valence-corrected chi connectivity index (χ2v) is 4.60. The molecule has 0 aromatic heterocycles. The number of carbonyl (C=O) groups is 1. The van der Waals surface area contributed by atoms with Gasteiger partial charge in [0, 0.05) is 12.2 Å². The van der Waals surface area contributed by atoms with E-state index in [1.54, 1.807) is 24.3 Å². The molecule has 3 nitrogen and oxygen atoms in total. The molecular weight excluding hydrogens is 269 g/mol. The van der Waals surface area contributed by atoms with Gasteiger partial charge in [-0.3, -0.25) is 4.79 Å². The molecule has 0 amide bonds. The summed E-state index contributed by atoms with van der Waals surface area (Å²) in [7, 11) is 0. The van der Waals surface area contributed by atoms with Crippen LogP contribution in [0.3, 0.4) is 0 Å². The summed E-state index contributed by atoms with van der Waals surface area (Å²) in [4.78, 5) is 10.6. The minimum atomic E-state index is -0.835. The van der Waals surface area contributed by atoms with Gasteiger partial charge in [-0.25, -0.2) is 4.39 Å². The molecule has 2 aromatic carbocycles. The fraction of sp³-hybridized carbons (Fsp3) is 0.118. The molecule has 0 aliphatic rings. The summed E-state index contributed by atoms with van der Waals surface area (Å²) >= 11 is 0. The van der Waals surface area contributed by atoms with Crippen LogP contribution in [-0.2, 0) is 11.2 Å². The Labute approximate surface area is 122 Å². The highest BCUT2D eigenvalue weighted by Crippen LogP contribution is 2.10. The largest absolute Gasteiger partial charge is 0.481 e. The molecule has 108 valence electrons. The number of anilines is 1. The number of carboxylic acids is 1. The maximum absolute atomic E-state index is 12.7. The van der Waals surface area contributed by atoms with Crippen LogP contribution in [0, 0.1) is 5.82 Å². The van der Waals surface area contributed by atoms with Crippen LogP contribution >= 0.6 is 0 Å². The van der Waals surface area contributed by atoms with Crippen molar-refractivity contribution in [3.8, 4) is 0 Å². The van der Waals surface area contributed by atoms with Crippen LogP contribution in [0.1, 0.15) is 11.1 Å². The number of nitrogens with one attached hydrogen (secondary N) is 1. The maximum atomic E-state index is 12.7. The molecule has 0 heterocycles. The van der Waals surface area contributed by atoms with E-state index < -0.39 is 5.97 Å². The highest BCUT2D eigenvalue weighted by atomic mass is 19.1. The molecule has 0 aliphatic carbocycles. The topological polar surface area (TPSA) is 49.3 Å². The van der Waals surface area contributed by atoms with Gasteiger partial charge in [0.05, 0.1) is 6.42 Å².